The number of halogens is 1. The van der Waals surface area contributed by atoms with Gasteiger partial charge in [-0.15, -0.1) is 0 Å². The maximum absolute atomic E-state index is 12.8. The normalized spacial score (nSPS) is 11.5. The zero-order chi connectivity index (χ0) is 25.0. The molecule has 0 aliphatic heterocycles. The van der Waals surface area contributed by atoms with E-state index in [1.165, 1.54) is 4.90 Å². The fourth-order valence-corrected chi connectivity index (χ4v) is 3.73. The first-order valence-corrected chi connectivity index (χ1v) is 11.7. The lowest BCUT2D eigenvalue weighted by atomic mass is 10.1. The van der Waals surface area contributed by atoms with Crippen molar-refractivity contribution in [2.24, 2.45) is 5.11 Å². The summed E-state index contributed by atoms with van der Waals surface area (Å²) in [6.07, 6.45) is 3.06. The van der Waals surface area contributed by atoms with Gasteiger partial charge < -0.3 is 15.0 Å². The van der Waals surface area contributed by atoms with Gasteiger partial charge in [0, 0.05) is 30.2 Å². The van der Waals surface area contributed by atoms with Gasteiger partial charge in [-0.1, -0.05) is 54.1 Å². The number of urea groups is 1. The maximum Gasteiger partial charge on any atom is 0.412 e. The second-order valence-corrected chi connectivity index (χ2v) is 8.44. The molecule has 184 valence electrons. The average Bonchev–Trinajstić information content (AvgIpc) is 2.87. The third-order valence-electron chi connectivity index (χ3n) is 5.58. The average molecular weight is 497 g/mol. The van der Waals surface area contributed by atoms with Crippen LogP contribution in [-0.2, 0) is 11.3 Å². The largest absolute Gasteiger partial charge is 0.447 e. The number of benzene rings is 2. The Labute approximate surface area is 209 Å². The number of likely N-dealkylation sites (N-methyl/N-ethyl adjacent to an activating group) is 1. The zero-order valence-corrected chi connectivity index (χ0v) is 20.3. The van der Waals surface area contributed by atoms with E-state index in [-0.39, 0.29) is 25.2 Å². The van der Waals surface area contributed by atoms with Gasteiger partial charge in [0.2, 0.25) is 0 Å². The van der Waals surface area contributed by atoms with Crippen LogP contribution in [0.1, 0.15) is 24.8 Å². The van der Waals surface area contributed by atoms with Crippen molar-refractivity contribution >= 4 is 40.3 Å². The Morgan fingerprint density at radius 2 is 1.89 bits per heavy atom. The lowest BCUT2D eigenvalue weighted by molar-refractivity contribution is 0.113. The van der Waals surface area contributed by atoms with Crippen LogP contribution >= 0.6 is 11.6 Å². The highest BCUT2D eigenvalue weighted by atomic mass is 35.5. The van der Waals surface area contributed by atoms with Gasteiger partial charge in [0.15, 0.2) is 0 Å². The molecule has 3 amide bonds. The number of nitrogens with zero attached hydrogens (tertiary/aromatic N) is 3. The summed E-state index contributed by atoms with van der Waals surface area (Å²) in [6, 6.07) is 16.1. The summed E-state index contributed by atoms with van der Waals surface area (Å²) >= 11 is 6.17. The van der Waals surface area contributed by atoms with Crippen LogP contribution in [0.5, 0.6) is 0 Å². The summed E-state index contributed by atoms with van der Waals surface area (Å²) in [4.78, 5) is 31.0. The number of hydrogen-bond acceptors (Lipinski definition) is 6. The molecular weight excluding hydrogens is 468 g/mol. The fraction of sp³-hybridized carbons (Fsp3) is 0.320. The van der Waals surface area contributed by atoms with E-state index in [2.05, 4.69) is 20.7 Å². The van der Waals surface area contributed by atoms with Crippen LogP contribution in [0.15, 0.2) is 65.9 Å². The van der Waals surface area contributed by atoms with Gasteiger partial charge in [0.1, 0.15) is 12.4 Å². The van der Waals surface area contributed by atoms with Crippen LogP contribution in [0.4, 0.5) is 15.4 Å². The first kappa shape index (κ1) is 25.9. The van der Waals surface area contributed by atoms with Crippen molar-refractivity contribution in [2.45, 2.75) is 31.8 Å². The predicted molar refractivity (Wildman–Crippen MR) is 136 cm³/mol. The summed E-state index contributed by atoms with van der Waals surface area (Å²) < 4.78 is 5.44. The summed E-state index contributed by atoms with van der Waals surface area (Å²) in [6.45, 7) is 0.708. The molecule has 3 N–H and O–H groups in total. The monoisotopic (exact) mass is 496 g/mol. The van der Waals surface area contributed by atoms with E-state index in [9.17, 15) is 9.59 Å². The second-order valence-electron chi connectivity index (χ2n) is 8.03. The van der Waals surface area contributed by atoms with Crippen molar-refractivity contribution in [3.63, 3.8) is 0 Å². The molecule has 1 atom stereocenters. The molecule has 0 fully saturated rings. The van der Waals surface area contributed by atoms with E-state index < -0.39 is 6.09 Å². The zero-order valence-electron chi connectivity index (χ0n) is 19.5. The van der Waals surface area contributed by atoms with Crippen LogP contribution in [0.2, 0.25) is 5.02 Å². The number of carbonyl (C=O) groups is 2. The lowest BCUT2D eigenvalue weighted by Crippen LogP contribution is -2.46. The first-order valence-electron chi connectivity index (χ1n) is 11.3. The Balaban J connectivity index is 1.57. The van der Waals surface area contributed by atoms with Crippen molar-refractivity contribution in [3.8, 4) is 0 Å². The van der Waals surface area contributed by atoms with Gasteiger partial charge >= 0.3 is 12.1 Å². The molecule has 0 spiro atoms. The lowest BCUT2D eigenvalue weighted by Gasteiger charge is -2.28. The minimum atomic E-state index is -0.649. The van der Waals surface area contributed by atoms with E-state index in [1.807, 2.05) is 42.5 Å². The van der Waals surface area contributed by atoms with Gasteiger partial charge in [-0.3, -0.25) is 5.32 Å². The van der Waals surface area contributed by atoms with Gasteiger partial charge in [-0.2, -0.15) is 5.11 Å². The van der Waals surface area contributed by atoms with Crippen molar-refractivity contribution < 1.29 is 14.3 Å². The van der Waals surface area contributed by atoms with Crippen molar-refractivity contribution in [3.05, 3.63) is 71.4 Å². The number of amides is 3. The molecule has 35 heavy (non-hydrogen) atoms. The second kappa shape index (κ2) is 13.2. The molecule has 0 unspecified atom stereocenters. The molecule has 9 nitrogen and oxygen atoms in total. The summed E-state index contributed by atoms with van der Waals surface area (Å²) in [7, 11) is 1.66. The molecule has 0 bridgehead atoms. The van der Waals surface area contributed by atoms with E-state index in [1.54, 1.807) is 25.4 Å². The molecule has 0 aliphatic rings. The van der Waals surface area contributed by atoms with Crippen molar-refractivity contribution in [2.75, 3.05) is 25.5 Å². The van der Waals surface area contributed by atoms with E-state index in [0.717, 1.165) is 22.8 Å². The minimum absolute atomic E-state index is 0.00739. The number of unbranched alkanes of at least 4 members (excludes halogenated alkanes) is 1. The number of anilines is 1. The number of hydrogen-bond donors (Lipinski definition) is 3. The van der Waals surface area contributed by atoms with Gasteiger partial charge in [0.05, 0.1) is 12.6 Å². The number of pyridine rings is 1. The Morgan fingerprint density at radius 3 is 2.66 bits per heavy atom. The van der Waals surface area contributed by atoms with E-state index in [0.29, 0.717) is 30.2 Å². The molecular formula is C25H29ClN6O3. The van der Waals surface area contributed by atoms with Crippen LogP contribution < -0.4 is 10.6 Å². The third kappa shape index (κ3) is 7.92. The fourth-order valence-electron chi connectivity index (χ4n) is 3.53. The molecule has 0 saturated carbocycles. The van der Waals surface area contributed by atoms with E-state index in [4.69, 9.17) is 21.9 Å². The molecule has 3 aromatic rings. The topological polar surface area (TPSA) is 120 Å². The van der Waals surface area contributed by atoms with Crippen LogP contribution in [0, 0.1) is 5.53 Å². The van der Waals surface area contributed by atoms with Gasteiger partial charge in [0.25, 0.3) is 0 Å². The number of nitrogens with one attached hydrogen (secondary N) is 3. The standard InChI is InChI=1S/C25H29ClN6O3/c1-32(24(33)29-16-20-10-4-5-12-22(20)26)21(11-6-7-13-30-27)17-35-25(34)31-23-14-18-8-2-3-9-19(18)15-28-23/h2-5,8-10,12,14-15,21,27H,6-7,11,13,16-17H2,1H3,(H,29,33)(H,28,31,34)/t21-/m0/s1. The highest BCUT2D eigenvalue weighted by Gasteiger charge is 2.22. The minimum Gasteiger partial charge on any atom is -0.447 e. The smallest absolute Gasteiger partial charge is 0.412 e. The van der Waals surface area contributed by atoms with E-state index >= 15 is 0 Å². The first-order chi connectivity index (χ1) is 17.0. The highest BCUT2D eigenvalue weighted by molar-refractivity contribution is 6.31. The Kier molecular flexibility index (Phi) is 9.80. The molecule has 1 aromatic heterocycles. The number of aromatic nitrogens is 1. The summed E-state index contributed by atoms with van der Waals surface area (Å²) in [5.74, 6) is 0.383. The van der Waals surface area contributed by atoms with Gasteiger partial charge in [-0.05, 0) is 42.3 Å². The van der Waals surface area contributed by atoms with Crippen molar-refractivity contribution in [1.82, 2.24) is 15.2 Å². The molecule has 10 heteroatoms. The third-order valence-corrected chi connectivity index (χ3v) is 5.95. The van der Waals surface area contributed by atoms with Gasteiger partial charge in [-0.25, -0.2) is 20.1 Å². The van der Waals surface area contributed by atoms with Crippen LogP contribution in [0.25, 0.3) is 10.8 Å². The number of rotatable bonds is 11. The SMILES string of the molecule is CN(C(=O)NCc1ccccc1Cl)[C@@H](CCCCN=N)COC(=O)Nc1cc2ccccc2cn1. The highest BCUT2D eigenvalue weighted by Crippen LogP contribution is 2.17. The molecule has 0 radical (unpaired) electrons. The molecule has 0 aliphatic carbocycles. The Hall–Kier alpha value is -3.72. The Bertz CT molecular complexity index is 1160. The Morgan fingerprint density at radius 1 is 1.14 bits per heavy atom. The van der Waals surface area contributed by atoms with Crippen LogP contribution in [-0.4, -0.2) is 48.2 Å². The van der Waals surface area contributed by atoms with Crippen molar-refractivity contribution in [1.29, 1.82) is 5.53 Å². The molecule has 2 aromatic carbocycles. The quantitative estimate of drug-likeness (QED) is 0.228. The number of fused-ring (bicyclic) bond motifs is 1. The maximum atomic E-state index is 12.8. The molecule has 1 heterocycles. The molecule has 0 saturated heterocycles. The van der Waals surface area contributed by atoms with Crippen LogP contribution in [0.3, 0.4) is 0 Å². The number of carbonyl (C=O) groups excluding carboxylic acids is 2. The summed E-state index contributed by atoms with van der Waals surface area (Å²) in [5.41, 5.74) is 7.75. The molecule has 3 rings (SSSR count). The predicted octanol–water partition coefficient (Wildman–Crippen LogP) is 5.85. The number of ether oxygens (including phenoxy) is 1. The summed E-state index contributed by atoms with van der Waals surface area (Å²) in [5, 5.41) is 11.4.